The largest absolute Gasteiger partial charge is 0.312 e. The third-order valence-corrected chi connectivity index (χ3v) is 5.28. The summed E-state index contributed by atoms with van der Waals surface area (Å²) in [6.07, 6.45) is 5.70. The Balaban J connectivity index is 1.49. The number of nitrogens with zero attached hydrogens (tertiary/aromatic N) is 2. The number of hydrogen-bond acceptors (Lipinski definition) is 3. The number of rotatable bonds is 3. The van der Waals surface area contributed by atoms with Crippen LogP contribution in [0.4, 0.5) is 0 Å². The van der Waals surface area contributed by atoms with Gasteiger partial charge in [-0.1, -0.05) is 0 Å². The molecule has 19 heavy (non-hydrogen) atoms. The Hall–Kier alpha value is -0.120. The zero-order valence-corrected chi connectivity index (χ0v) is 13.0. The Morgan fingerprint density at radius 1 is 0.947 bits per heavy atom. The van der Waals surface area contributed by atoms with Gasteiger partial charge in [0.05, 0.1) is 0 Å². The van der Waals surface area contributed by atoms with Crippen molar-refractivity contribution < 1.29 is 0 Å². The van der Waals surface area contributed by atoms with Crippen LogP contribution in [-0.2, 0) is 0 Å². The highest BCUT2D eigenvalue weighted by atomic mass is 15.3. The van der Waals surface area contributed by atoms with Crippen molar-refractivity contribution in [3.8, 4) is 0 Å². The number of nitrogens with one attached hydrogen (secondary N) is 1. The number of hydrogen-bond donors (Lipinski definition) is 1. The van der Waals surface area contributed by atoms with Crippen molar-refractivity contribution in [3.63, 3.8) is 0 Å². The second kappa shape index (κ2) is 5.34. The molecule has 0 bridgehead atoms. The van der Waals surface area contributed by atoms with E-state index in [1.165, 1.54) is 58.4 Å². The van der Waals surface area contributed by atoms with Gasteiger partial charge >= 0.3 is 0 Å². The highest BCUT2D eigenvalue weighted by molar-refractivity contribution is 4.98. The van der Waals surface area contributed by atoms with E-state index in [1.54, 1.807) is 0 Å². The van der Waals surface area contributed by atoms with Gasteiger partial charge in [-0.2, -0.15) is 0 Å². The normalized spacial score (nSPS) is 37.1. The van der Waals surface area contributed by atoms with Crippen LogP contribution >= 0.6 is 0 Å². The van der Waals surface area contributed by atoms with Crippen molar-refractivity contribution in [1.29, 1.82) is 0 Å². The molecule has 3 nitrogen and oxygen atoms in total. The van der Waals surface area contributed by atoms with Crippen molar-refractivity contribution in [2.75, 3.05) is 32.7 Å². The van der Waals surface area contributed by atoms with Crippen LogP contribution in [0.15, 0.2) is 0 Å². The summed E-state index contributed by atoms with van der Waals surface area (Å²) < 4.78 is 0. The third kappa shape index (κ3) is 3.14. The van der Waals surface area contributed by atoms with Crippen LogP contribution in [0, 0.1) is 5.92 Å². The summed E-state index contributed by atoms with van der Waals surface area (Å²) in [5.74, 6) is 0.870. The molecule has 1 N–H and O–H groups in total. The molecule has 0 aromatic carbocycles. The average molecular weight is 265 g/mol. The van der Waals surface area contributed by atoms with Crippen molar-refractivity contribution in [1.82, 2.24) is 15.1 Å². The Morgan fingerprint density at radius 2 is 1.68 bits per heavy atom. The lowest BCUT2D eigenvalue weighted by molar-refractivity contribution is 0.185. The summed E-state index contributed by atoms with van der Waals surface area (Å²) in [5.41, 5.74) is 0.267. The van der Waals surface area contributed by atoms with Gasteiger partial charge in [-0.3, -0.25) is 9.80 Å². The molecule has 0 saturated carbocycles. The molecule has 3 rings (SSSR count). The van der Waals surface area contributed by atoms with E-state index in [0.29, 0.717) is 0 Å². The van der Waals surface area contributed by atoms with E-state index in [2.05, 4.69) is 35.9 Å². The fraction of sp³-hybridized carbons (Fsp3) is 1.00. The zero-order valence-electron chi connectivity index (χ0n) is 13.0. The van der Waals surface area contributed by atoms with E-state index >= 15 is 0 Å². The van der Waals surface area contributed by atoms with Gasteiger partial charge in [0.15, 0.2) is 0 Å². The van der Waals surface area contributed by atoms with Crippen LogP contribution in [0.2, 0.25) is 0 Å². The van der Waals surface area contributed by atoms with E-state index in [0.717, 1.165) is 18.0 Å². The molecule has 3 aliphatic rings. The maximum Gasteiger partial charge on any atom is 0.0263 e. The van der Waals surface area contributed by atoms with Gasteiger partial charge in [0.2, 0.25) is 0 Å². The smallest absolute Gasteiger partial charge is 0.0263 e. The first kappa shape index (κ1) is 13.8. The quantitative estimate of drug-likeness (QED) is 0.841. The Labute approximate surface area is 118 Å². The Morgan fingerprint density at radius 3 is 2.47 bits per heavy atom. The standard InChI is InChI=1S/C16H31N3/c1-16(2,3)17-11-13-6-9-19(12-13)15-7-10-18-8-4-5-14(15)18/h13-15,17H,4-12H2,1-3H3. The van der Waals surface area contributed by atoms with Crippen LogP contribution in [0.3, 0.4) is 0 Å². The van der Waals surface area contributed by atoms with Gasteiger partial charge < -0.3 is 5.32 Å². The summed E-state index contributed by atoms with van der Waals surface area (Å²) in [7, 11) is 0. The first-order valence-electron chi connectivity index (χ1n) is 8.26. The van der Waals surface area contributed by atoms with Gasteiger partial charge in [-0.15, -0.1) is 0 Å². The highest BCUT2D eigenvalue weighted by Gasteiger charge is 2.41. The highest BCUT2D eigenvalue weighted by Crippen LogP contribution is 2.33. The molecule has 0 aliphatic carbocycles. The summed E-state index contributed by atoms with van der Waals surface area (Å²) in [5, 5.41) is 3.68. The van der Waals surface area contributed by atoms with Gasteiger partial charge in [-0.05, 0) is 72.0 Å². The molecule has 3 heterocycles. The lowest BCUT2D eigenvalue weighted by atomic mass is 10.0. The molecule has 0 spiro atoms. The van der Waals surface area contributed by atoms with E-state index in [9.17, 15) is 0 Å². The molecule has 0 amide bonds. The van der Waals surface area contributed by atoms with Gasteiger partial charge in [0.1, 0.15) is 0 Å². The lowest BCUT2D eigenvalue weighted by Crippen LogP contribution is -2.43. The fourth-order valence-corrected chi connectivity index (χ4v) is 4.26. The Kier molecular flexibility index (Phi) is 3.89. The lowest BCUT2D eigenvalue weighted by Gasteiger charge is -2.29. The summed E-state index contributed by atoms with van der Waals surface area (Å²) in [6, 6.07) is 1.77. The molecule has 3 heteroatoms. The van der Waals surface area contributed by atoms with E-state index in [4.69, 9.17) is 0 Å². The fourth-order valence-electron chi connectivity index (χ4n) is 4.26. The molecule has 3 unspecified atom stereocenters. The van der Waals surface area contributed by atoms with Crippen LogP contribution in [0.5, 0.6) is 0 Å². The van der Waals surface area contributed by atoms with Crippen LogP contribution in [0.25, 0.3) is 0 Å². The molecule has 0 radical (unpaired) electrons. The average Bonchev–Trinajstić information content (AvgIpc) is 3.01. The van der Waals surface area contributed by atoms with E-state index in [-0.39, 0.29) is 5.54 Å². The summed E-state index contributed by atoms with van der Waals surface area (Å²) >= 11 is 0. The van der Waals surface area contributed by atoms with Gasteiger partial charge in [-0.25, -0.2) is 0 Å². The molecular weight excluding hydrogens is 234 g/mol. The molecule has 3 saturated heterocycles. The first-order valence-corrected chi connectivity index (χ1v) is 8.26. The zero-order chi connectivity index (χ0) is 13.5. The molecule has 110 valence electrons. The van der Waals surface area contributed by atoms with Crippen molar-refractivity contribution in [3.05, 3.63) is 0 Å². The second-order valence-corrected chi connectivity index (χ2v) is 7.88. The monoisotopic (exact) mass is 265 g/mol. The van der Waals surface area contributed by atoms with Crippen molar-refractivity contribution >= 4 is 0 Å². The topological polar surface area (TPSA) is 18.5 Å². The maximum absolute atomic E-state index is 3.68. The summed E-state index contributed by atoms with van der Waals surface area (Å²) in [4.78, 5) is 5.55. The predicted octanol–water partition coefficient (Wildman–Crippen LogP) is 1.93. The minimum atomic E-state index is 0.267. The third-order valence-electron chi connectivity index (χ3n) is 5.28. The predicted molar refractivity (Wildman–Crippen MR) is 80.4 cm³/mol. The van der Waals surface area contributed by atoms with E-state index < -0.39 is 0 Å². The molecule has 0 aromatic rings. The number of fused-ring (bicyclic) bond motifs is 1. The molecular formula is C16H31N3. The number of likely N-dealkylation sites (tertiary alicyclic amines) is 1. The second-order valence-electron chi connectivity index (χ2n) is 7.88. The van der Waals surface area contributed by atoms with Crippen LogP contribution in [0.1, 0.15) is 46.5 Å². The minimum Gasteiger partial charge on any atom is -0.312 e. The van der Waals surface area contributed by atoms with Gasteiger partial charge in [0.25, 0.3) is 0 Å². The Bertz CT molecular complexity index is 310. The van der Waals surface area contributed by atoms with Crippen molar-refractivity contribution in [2.45, 2.75) is 64.1 Å². The van der Waals surface area contributed by atoms with E-state index in [1.807, 2.05) is 0 Å². The molecule has 0 aromatic heterocycles. The van der Waals surface area contributed by atoms with Crippen LogP contribution in [-0.4, -0.2) is 60.1 Å². The SMILES string of the molecule is CC(C)(C)NCC1CCN(C2CCN3CCCC23)C1. The minimum absolute atomic E-state index is 0.267. The van der Waals surface area contributed by atoms with Crippen LogP contribution < -0.4 is 5.32 Å². The van der Waals surface area contributed by atoms with Gasteiger partial charge in [0, 0.05) is 30.7 Å². The molecule has 3 atom stereocenters. The maximum atomic E-state index is 3.68. The van der Waals surface area contributed by atoms with Crippen molar-refractivity contribution in [2.24, 2.45) is 5.92 Å². The molecule has 3 aliphatic heterocycles. The first-order chi connectivity index (χ1) is 9.03. The molecule has 3 fully saturated rings. The summed E-state index contributed by atoms with van der Waals surface area (Å²) in [6.45, 7) is 13.4.